The number of amides is 1. The van der Waals surface area contributed by atoms with Crippen LogP contribution in [0.3, 0.4) is 0 Å². The van der Waals surface area contributed by atoms with E-state index in [0.717, 1.165) is 4.90 Å². The van der Waals surface area contributed by atoms with Crippen LogP contribution in [0.25, 0.3) is 0 Å². The summed E-state index contributed by atoms with van der Waals surface area (Å²) < 4.78 is 20.8. The van der Waals surface area contributed by atoms with Gasteiger partial charge in [-0.05, 0) is 20.8 Å². The van der Waals surface area contributed by atoms with E-state index in [9.17, 15) is 9.90 Å². The van der Waals surface area contributed by atoms with E-state index < -0.39 is 23.8 Å². The average Bonchev–Trinajstić information content (AvgIpc) is 2.65. The van der Waals surface area contributed by atoms with Gasteiger partial charge in [-0.1, -0.05) is 0 Å². The van der Waals surface area contributed by atoms with Crippen molar-refractivity contribution in [1.29, 1.82) is 0 Å². The monoisotopic (exact) mass is 263 g/mol. The van der Waals surface area contributed by atoms with E-state index in [4.69, 9.17) is 18.9 Å². The molecule has 1 heterocycles. The van der Waals surface area contributed by atoms with Crippen molar-refractivity contribution >= 4 is 6.09 Å². The first-order chi connectivity index (χ1) is 8.29. The van der Waals surface area contributed by atoms with Crippen molar-refractivity contribution in [1.82, 2.24) is 4.90 Å². The molecule has 1 amide bonds. The molecular weight excluding hydrogens is 242 g/mol. The molecule has 1 aliphatic heterocycles. The van der Waals surface area contributed by atoms with Crippen LogP contribution < -0.4 is 0 Å². The molecule has 0 aromatic rings. The molecule has 1 atom stereocenters. The van der Waals surface area contributed by atoms with Gasteiger partial charge in [0.15, 0.2) is 0 Å². The van der Waals surface area contributed by atoms with Crippen molar-refractivity contribution in [3.05, 3.63) is 0 Å². The highest BCUT2D eigenvalue weighted by Crippen LogP contribution is 2.31. The Morgan fingerprint density at radius 3 is 2.39 bits per heavy atom. The summed E-state index contributed by atoms with van der Waals surface area (Å²) in [7, 11) is 2.70. The van der Waals surface area contributed by atoms with E-state index in [0.29, 0.717) is 0 Å². The van der Waals surface area contributed by atoms with Gasteiger partial charge in [0, 0.05) is 14.2 Å². The molecule has 0 saturated carbocycles. The third-order valence-corrected chi connectivity index (χ3v) is 2.44. The molecule has 1 aliphatic rings. The first-order valence-electron chi connectivity index (χ1n) is 5.67. The molecule has 7 nitrogen and oxygen atoms in total. The number of carbonyl (C=O) groups is 1. The maximum atomic E-state index is 12.1. The Bertz CT molecular complexity index is 296. The zero-order valence-corrected chi connectivity index (χ0v) is 11.4. The Kier molecular flexibility index (Phi) is 4.55. The van der Waals surface area contributed by atoms with Gasteiger partial charge < -0.3 is 24.1 Å². The maximum absolute atomic E-state index is 12.1. The molecule has 0 radical (unpaired) electrons. The summed E-state index contributed by atoms with van der Waals surface area (Å²) >= 11 is 0. The molecule has 0 bridgehead atoms. The van der Waals surface area contributed by atoms with Gasteiger partial charge in [0.1, 0.15) is 5.60 Å². The van der Waals surface area contributed by atoms with Gasteiger partial charge in [-0.25, -0.2) is 9.69 Å². The van der Waals surface area contributed by atoms with E-state index in [-0.39, 0.29) is 13.2 Å². The Morgan fingerprint density at radius 1 is 1.44 bits per heavy atom. The molecule has 1 N–H and O–H groups in total. The molecule has 1 saturated heterocycles. The van der Waals surface area contributed by atoms with Crippen LogP contribution in [0.15, 0.2) is 0 Å². The first-order valence-corrected chi connectivity index (χ1v) is 5.67. The third-order valence-electron chi connectivity index (χ3n) is 2.44. The van der Waals surface area contributed by atoms with Crippen LogP contribution in [0.1, 0.15) is 20.8 Å². The van der Waals surface area contributed by atoms with E-state index in [1.54, 1.807) is 20.8 Å². The fourth-order valence-corrected chi connectivity index (χ4v) is 1.67. The first kappa shape index (κ1) is 15.2. The lowest BCUT2D eigenvalue weighted by Gasteiger charge is -2.35. The van der Waals surface area contributed by atoms with Crippen LogP contribution in [0.4, 0.5) is 4.79 Å². The summed E-state index contributed by atoms with van der Waals surface area (Å²) in [4.78, 5) is 13.2. The van der Waals surface area contributed by atoms with Gasteiger partial charge in [0.05, 0.1) is 19.3 Å². The van der Waals surface area contributed by atoms with E-state index in [1.165, 1.54) is 14.2 Å². The quantitative estimate of drug-likeness (QED) is 0.748. The molecule has 7 heteroatoms. The van der Waals surface area contributed by atoms with Gasteiger partial charge >= 0.3 is 12.2 Å². The van der Waals surface area contributed by atoms with Gasteiger partial charge in [0.25, 0.3) is 0 Å². The lowest BCUT2D eigenvalue weighted by molar-refractivity contribution is -0.392. The van der Waals surface area contributed by atoms with Crippen LogP contribution in [-0.2, 0) is 18.9 Å². The van der Waals surface area contributed by atoms with Gasteiger partial charge in [-0.2, -0.15) is 0 Å². The van der Waals surface area contributed by atoms with Gasteiger partial charge in [-0.3, -0.25) is 0 Å². The number of carbonyl (C=O) groups excluding carboxylic acids is 1. The van der Waals surface area contributed by atoms with Crippen molar-refractivity contribution in [2.24, 2.45) is 0 Å². The number of rotatable bonds is 3. The van der Waals surface area contributed by atoms with E-state index >= 15 is 0 Å². The van der Waals surface area contributed by atoms with Crippen LogP contribution >= 0.6 is 0 Å². The van der Waals surface area contributed by atoms with Crippen LogP contribution in [0.5, 0.6) is 0 Å². The molecule has 0 unspecified atom stereocenters. The largest absolute Gasteiger partial charge is 0.444 e. The summed E-state index contributed by atoms with van der Waals surface area (Å²) in [5, 5.41) is 9.27. The minimum Gasteiger partial charge on any atom is -0.444 e. The predicted molar refractivity (Wildman–Crippen MR) is 61.6 cm³/mol. The molecule has 1 fully saturated rings. The molecule has 18 heavy (non-hydrogen) atoms. The predicted octanol–water partition coefficient (Wildman–Crippen LogP) is 0.519. The molecular formula is C11H21NO6. The van der Waals surface area contributed by atoms with Gasteiger partial charge in [-0.15, -0.1) is 0 Å². The van der Waals surface area contributed by atoms with Gasteiger partial charge in [0.2, 0.25) is 0 Å². The molecule has 106 valence electrons. The van der Waals surface area contributed by atoms with E-state index in [2.05, 4.69) is 0 Å². The second kappa shape index (κ2) is 5.40. The Balaban J connectivity index is 2.94. The van der Waals surface area contributed by atoms with Crippen LogP contribution in [-0.4, -0.2) is 61.3 Å². The summed E-state index contributed by atoms with van der Waals surface area (Å²) in [6.07, 6.45) is -2.31. The molecule has 1 rings (SSSR count). The topological polar surface area (TPSA) is 77.5 Å². The number of hydrogen-bond acceptors (Lipinski definition) is 6. The number of aliphatic hydroxyl groups is 1. The number of hydrogen-bond donors (Lipinski definition) is 1. The summed E-state index contributed by atoms with van der Waals surface area (Å²) in [5.74, 6) is 0. The molecule has 0 aromatic carbocycles. The van der Waals surface area contributed by atoms with Crippen LogP contribution in [0.2, 0.25) is 0 Å². The normalized spacial score (nSPS) is 23.2. The number of methoxy groups -OCH3 is 2. The highest BCUT2D eigenvalue weighted by molar-refractivity contribution is 5.69. The zero-order chi connectivity index (χ0) is 14.0. The third kappa shape index (κ3) is 2.92. The number of aliphatic hydroxyl groups excluding tert-OH is 1. The van der Waals surface area contributed by atoms with Crippen molar-refractivity contribution in [2.75, 3.05) is 27.4 Å². The van der Waals surface area contributed by atoms with Crippen molar-refractivity contribution < 1.29 is 28.8 Å². The van der Waals surface area contributed by atoms with Crippen molar-refractivity contribution in [3.8, 4) is 0 Å². The Hall–Kier alpha value is -0.890. The minimum atomic E-state index is -1.64. The second-order valence-corrected chi connectivity index (χ2v) is 4.93. The molecule has 0 aromatic heterocycles. The lowest BCUT2D eigenvalue weighted by atomic mass is 10.2. The highest BCUT2D eigenvalue weighted by Gasteiger charge is 2.53. The standard InChI is InChI=1S/C11H21NO6/c1-10(2,3)18-9(14)12-8(6-13)7-17-11(12,15-4)16-5/h8,13H,6-7H2,1-5H3/t8-/m0/s1. The lowest BCUT2D eigenvalue weighted by Crippen LogP contribution is -2.56. The zero-order valence-electron chi connectivity index (χ0n) is 11.4. The fourth-order valence-electron chi connectivity index (χ4n) is 1.67. The van der Waals surface area contributed by atoms with Crippen LogP contribution in [0, 0.1) is 0 Å². The number of ether oxygens (including phenoxy) is 4. The smallest absolute Gasteiger partial charge is 0.416 e. The fraction of sp³-hybridized carbons (Fsp3) is 0.909. The Morgan fingerprint density at radius 2 is 2.00 bits per heavy atom. The summed E-state index contributed by atoms with van der Waals surface area (Å²) in [5.41, 5.74) is -0.660. The maximum Gasteiger partial charge on any atom is 0.416 e. The summed E-state index contributed by atoms with van der Waals surface area (Å²) in [6.45, 7) is 5.08. The number of nitrogens with zero attached hydrogens (tertiary/aromatic N) is 1. The average molecular weight is 263 g/mol. The second-order valence-electron chi connectivity index (χ2n) is 4.93. The minimum absolute atomic E-state index is 0.109. The summed E-state index contributed by atoms with van der Waals surface area (Å²) in [6, 6.07) is -0.570. The van der Waals surface area contributed by atoms with E-state index in [1.807, 2.05) is 0 Å². The SMILES string of the molecule is COC1(OC)OC[C@H](CO)N1C(=O)OC(C)(C)C. The highest BCUT2D eigenvalue weighted by atomic mass is 16.9. The van der Waals surface area contributed by atoms with Crippen molar-refractivity contribution in [3.63, 3.8) is 0 Å². The molecule has 0 aliphatic carbocycles. The molecule has 0 spiro atoms. The van der Waals surface area contributed by atoms with Crippen molar-refractivity contribution in [2.45, 2.75) is 38.5 Å². The Labute approximate surface area is 107 Å².